The zero-order valence-electron chi connectivity index (χ0n) is 11.6. The minimum atomic E-state index is -0.153. The molecule has 3 nitrogen and oxygen atoms in total. The third-order valence-electron chi connectivity index (χ3n) is 3.80. The molecule has 0 amide bonds. The average Bonchev–Trinajstić information content (AvgIpc) is 2.48. The maximum atomic E-state index is 13.8. The number of hydrogen-bond acceptors (Lipinski definition) is 3. The molecule has 2 N–H and O–H groups in total. The van der Waals surface area contributed by atoms with Crippen LogP contribution in [-0.2, 0) is 0 Å². The van der Waals surface area contributed by atoms with Crippen molar-refractivity contribution in [3.05, 3.63) is 51.9 Å². The normalized spacial score (nSPS) is 15.3. The minimum Gasteiger partial charge on any atom is -0.397 e. The number of nitrogens with two attached hydrogens (primary N) is 1. The maximum Gasteiger partial charge on any atom is 0.146 e. The molecule has 0 radical (unpaired) electrons. The third-order valence-corrected chi connectivity index (χ3v) is 4.47. The summed E-state index contributed by atoms with van der Waals surface area (Å²) >= 11 is 2.26. The minimum absolute atomic E-state index is 0.153. The Morgan fingerprint density at radius 2 is 1.52 bits per heavy atom. The Morgan fingerprint density at radius 1 is 0.905 bits per heavy atom. The van der Waals surface area contributed by atoms with Crippen LogP contribution in [0.3, 0.4) is 0 Å². The lowest BCUT2D eigenvalue weighted by atomic mass is 10.2. The van der Waals surface area contributed by atoms with E-state index in [1.165, 1.54) is 6.07 Å². The van der Waals surface area contributed by atoms with Crippen LogP contribution in [0, 0.1) is 9.39 Å². The van der Waals surface area contributed by atoms with Gasteiger partial charge in [0.1, 0.15) is 5.82 Å². The van der Waals surface area contributed by atoms with Crippen molar-refractivity contribution in [3.63, 3.8) is 0 Å². The van der Waals surface area contributed by atoms with Gasteiger partial charge in [0.25, 0.3) is 0 Å². The summed E-state index contributed by atoms with van der Waals surface area (Å²) < 4.78 is 15.0. The van der Waals surface area contributed by atoms with Crippen molar-refractivity contribution in [2.24, 2.45) is 0 Å². The van der Waals surface area contributed by atoms with Crippen molar-refractivity contribution >= 4 is 39.7 Å². The van der Waals surface area contributed by atoms with E-state index in [2.05, 4.69) is 44.5 Å². The lowest BCUT2D eigenvalue weighted by molar-refractivity contribution is 0.598. The molecule has 0 aromatic heterocycles. The highest BCUT2D eigenvalue weighted by molar-refractivity contribution is 14.1. The van der Waals surface area contributed by atoms with Gasteiger partial charge >= 0.3 is 0 Å². The first kappa shape index (κ1) is 14.4. The largest absolute Gasteiger partial charge is 0.397 e. The highest BCUT2D eigenvalue weighted by atomic mass is 127. The second-order valence-corrected chi connectivity index (χ2v) is 6.37. The molecule has 0 aliphatic carbocycles. The molecular formula is C16H17FIN3. The van der Waals surface area contributed by atoms with Crippen LogP contribution in [-0.4, -0.2) is 26.2 Å². The SMILES string of the molecule is Nc1cc(I)ccc1N1CCN(c2ccccc2F)CC1. The molecule has 0 bridgehead atoms. The summed E-state index contributed by atoms with van der Waals surface area (Å²) in [5, 5.41) is 0. The molecule has 5 heteroatoms. The highest BCUT2D eigenvalue weighted by Crippen LogP contribution is 2.27. The Hall–Kier alpha value is -1.50. The highest BCUT2D eigenvalue weighted by Gasteiger charge is 2.20. The summed E-state index contributed by atoms with van der Waals surface area (Å²) in [6.07, 6.45) is 0. The number of anilines is 3. The van der Waals surface area contributed by atoms with Crippen LogP contribution in [0.25, 0.3) is 0 Å². The smallest absolute Gasteiger partial charge is 0.146 e. The van der Waals surface area contributed by atoms with Crippen LogP contribution < -0.4 is 15.5 Å². The van der Waals surface area contributed by atoms with Crippen LogP contribution in [0.4, 0.5) is 21.5 Å². The Labute approximate surface area is 137 Å². The van der Waals surface area contributed by atoms with Gasteiger partial charge in [0, 0.05) is 29.7 Å². The Balaban J connectivity index is 1.72. The molecular weight excluding hydrogens is 380 g/mol. The molecule has 1 fully saturated rings. The predicted molar refractivity (Wildman–Crippen MR) is 94.4 cm³/mol. The molecule has 0 saturated carbocycles. The number of halogens is 2. The van der Waals surface area contributed by atoms with Gasteiger partial charge in [0.15, 0.2) is 0 Å². The Kier molecular flexibility index (Phi) is 4.19. The maximum absolute atomic E-state index is 13.8. The van der Waals surface area contributed by atoms with E-state index in [4.69, 9.17) is 5.73 Å². The molecule has 0 atom stereocenters. The number of nitrogen functional groups attached to an aromatic ring is 1. The van der Waals surface area contributed by atoms with Gasteiger partial charge in [-0.05, 0) is 52.9 Å². The Bertz CT molecular complexity index is 639. The fourth-order valence-corrected chi connectivity index (χ4v) is 3.23. The lowest BCUT2D eigenvalue weighted by Crippen LogP contribution is -2.47. The van der Waals surface area contributed by atoms with Crippen LogP contribution >= 0.6 is 22.6 Å². The fraction of sp³-hybridized carbons (Fsp3) is 0.250. The summed E-state index contributed by atoms with van der Waals surface area (Å²) in [5.74, 6) is -0.153. The third kappa shape index (κ3) is 3.07. The molecule has 2 aromatic rings. The van der Waals surface area contributed by atoms with Crippen LogP contribution in [0.1, 0.15) is 0 Å². The van der Waals surface area contributed by atoms with Gasteiger partial charge in [0.2, 0.25) is 0 Å². The van der Waals surface area contributed by atoms with E-state index in [0.717, 1.165) is 41.1 Å². The fourth-order valence-electron chi connectivity index (χ4n) is 2.71. The zero-order valence-corrected chi connectivity index (χ0v) is 13.8. The average molecular weight is 397 g/mol. The second-order valence-electron chi connectivity index (χ2n) is 5.13. The summed E-state index contributed by atoms with van der Waals surface area (Å²) in [7, 11) is 0. The Morgan fingerprint density at radius 3 is 2.14 bits per heavy atom. The first-order valence-electron chi connectivity index (χ1n) is 6.94. The van der Waals surface area contributed by atoms with Gasteiger partial charge in [-0.3, -0.25) is 0 Å². The van der Waals surface area contributed by atoms with Gasteiger partial charge in [-0.25, -0.2) is 4.39 Å². The van der Waals surface area contributed by atoms with Crippen molar-refractivity contribution in [1.82, 2.24) is 0 Å². The van der Waals surface area contributed by atoms with Crippen molar-refractivity contribution in [2.75, 3.05) is 41.7 Å². The number of para-hydroxylation sites is 1. The number of benzene rings is 2. The summed E-state index contributed by atoms with van der Waals surface area (Å²) in [6.45, 7) is 3.29. The first-order chi connectivity index (χ1) is 10.1. The van der Waals surface area contributed by atoms with Crippen LogP contribution in [0.15, 0.2) is 42.5 Å². The van der Waals surface area contributed by atoms with E-state index in [1.54, 1.807) is 6.07 Å². The lowest BCUT2D eigenvalue weighted by Gasteiger charge is -2.37. The number of rotatable bonds is 2. The molecule has 3 rings (SSSR count). The van der Waals surface area contributed by atoms with Gasteiger partial charge in [-0.2, -0.15) is 0 Å². The quantitative estimate of drug-likeness (QED) is 0.624. The van der Waals surface area contributed by atoms with Gasteiger partial charge in [-0.1, -0.05) is 12.1 Å². The van der Waals surface area contributed by atoms with E-state index in [-0.39, 0.29) is 5.82 Å². The molecule has 1 heterocycles. The molecule has 1 aliphatic heterocycles. The molecule has 21 heavy (non-hydrogen) atoms. The molecule has 0 unspecified atom stereocenters. The van der Waals surface area contributed by atoms with Crippen molar-refractivity contribution in [2.45, 2.75) is 0 Å². The molecule has 2 aromatic carbocycles. The van der Waals surface area contributed by atoms with Gasteiger partial charge in [0.05, 0.1) is 17.1 Å². The zero-order chi connectivity index (χ0) is 14.8. The van der Waals surface area contributed by atoms with Crippen molar-refractivity contribution in [3.8, 4) is 0 Å². The number of piperazine rings is 1. The monoisotopic (exact) mass is 397 g/mol. The first-order valence-corrected chi connectivity index (χ1v) is 8.02. The summed E-state index contributed by atoms with van der Waals surface area (Å²) in [6, 6.07) is 13.1. The van der Waals surface area contributed by atoms with E-state index in [0.29, 0.717) is 5.69 Å². The van der Waals surface area contributed by atoms with Crippen LogP contribution in [0.5, 0.6) is 0 Å². The van der Waals surface area contributed by atoms with E-state index < -0.39 is 0 Å². The number of nitrogens with zero attached hydrogens (tertiary/aromatic N) is 2. The molecule has 1 saturated heterocycles. The predicted octanol–water partition coefficient (Wildman–Crippen LogP) is 3.34. The van der Waals surface area contributed by atoms with Gasteiger partial charge < -0.3 is 15.5 Å². The van der Waals surface area contributed by atoms with E-state index in [1.807, 2.05) is 18.2 Å². The second kappa shape index (κ2) is 6.09. The number of hydrogen-bond donors (Lipinski definition) is 1. The van der Waals surface area contributed by atoms with E-state index >= 15 is 0 Å². The van der Waals surface area contributed by atoms with E-state index in [9.17, 15) is 4.39 Å². The van der Waals surface area contributed by atoms with Crippen LogP contribution in [0.2, 0.25) is 0 Å². The summed E-state index contributed by atoms with van der Waals surface area (Å²) in [4.78, 5) is 4.36. The molecule has 110 valence electrons. The molecule has 1 aliphatic rings. The standard InChI is InChI=1S/C16H17FIN3/c17-13-3-1-2-4-15(13)20-7-9-21(10-8-20)16-6-5-12(18)11-14(16)19/h1-6,11H,7-10,19H2. The van der Waals surface area contributed by atoms with Crippen molar-refractivity contribution < 1.29 is 4.39 Å². The topological polar surface area (TPSA) is 32.5 Å². The van der Waals surface area contributed by atoms with Crippen molar-refractivity contribution in [1.29, 1.82) is 0 Å². The molecule has 0 spiro atoms. The van der Waals surface area contributed by atoms with Gasteiger partial charge in [-0.15, -0.1) is 0 Å². The summed E-state index contributed by atoms with van der Waals surface area (Å²) in [5.41, 5.74) is 8.67.